The number of amides is 1. The van der Waals surface area contributed by atoms with Gasteiger partial charge in [-0.05, 0) is 75.0 Å². The average molecular weight is 382 g/mol. The molecule has 1 aliphatic rings. The molecule has 5 nitrogen and oxygen atoms in total. The number of H-pyrrole nitrogens is 1. The van der Waals surface area contributed by atoms with Gasteiger partial charge in [0.15, 0.2) is 0 Å². The van der Waals surface area contributed by atoms with Crippen LogP contribution in [-0.4, -0.2) is 35.4 Å². The minimum atomic E-state index is -0.158. The molecular weight excluding hydrogens is 350 g/mol. The lowest BCUT2D eigenvalue weighted by Gasteiger charge is -2.29. The molecule has 0 spiro atoms. The summed E-state index contributed by atoms with van der Waals surface area (Å²) in [7, 11) is 0. The highest BCUT2D eigenvalue weighted by Gasteiger charge is 2.15. The Morgan fingerprint density at radius 3 is 2.46 bits per heavy atom. The van der Waals surface area contributed by atoms with Crippen molar-refractivity contribution in [3.8, 4) is 0 Å². The van der Waals surface area contributed by atoms with E-state index < -0.39 is 0 Å². The lowest BCUT2D eigenvalue weighted by molar-refractivity contribution is 0.0950. The summed E-state index contributed by atoms with van der Waals surface area (Å²) in [5.74, 6) is 0.290. The van der Waals surface area contributed by atoms with Gasteiger partial charge < -0.3 is 15.2 Å². The molecule has 1 aromatic carbocycles. The summed E-state index contributed by atoms with van der Waals surface area (Å²) in [4.78, 5) is 29.9. The Morgan fingerprint density at radius 1 is 1.14 bits per heavy atom. The molecular formula is C23H31N3O2. The minimum Gasteiger partial charge on any atom is -0.348 e. The number of pyridine rings is 1. The van der Waals surface area contributed by atoms with Crippen molar-refractivity contribution in [2.75, 3.05) is 19.6 Å². The van der Waals surface area contributed by atoms with Crippen LogP contribution in [0.15, 0.2) is 35.1 Å². The van der Waals surface area contributed by atoms with Crippen molar-refractivity contribution < 1.29 is 4.79 Å². The van der Waals surface area contributed by atoms with Crippen molar-refractivity contribution in [2.45, 2.75) is 52.5 Å². The summed E-state index contributed by atoms with van der Waals surface area (Å²) in [6, 6.07) is 9.77. The summed E-state index contributed by atoms with van der Waals surface area (Å²) in [5, 5.41) is 2.86. The zero-order valence-corrected chi connectivity index (χ0v) is 17.2. The largest absolute Gasteiger partial charge is 0.348 e. The molecule has 0 aliphatic carbocycles. The fourth-order valence-electron chi connectivity index (χ4n) is 3.97. The highest BCUT2D eigenvalue weighted by atomic mass is 16.1. The van der Waals surface area contributed by atoms with E-state index in [4.69, 9.17) is 0 Å². The van der Waals surface area contributed by atoms with Crippen molar-refractivity contribution in [1.29, 1.82) is 0 Å². The Kier molecular flexibility index (Phi) is 6.68. The number of aryl methyl sites for hydroxylation is 2. The van der Waals surface area contributed by atoms with Crippen LogP contribution in [0.25, 0.3) is 0 Å². The predicted molar refractivity (Wildman–Crippen MR) is 113 cm³/mol. The fourth-order valence-corrected chi connectivity index (χ4v) is 3.97. The molecule has 1 atom stereocenters. The van der Waals surface area contributed by atoms with Gasteiger partial charge in [-0.1, -0.05) is 25.5 Å². The minimum absolute atomic E-state index is 0.139. The Balaban J connectivity index is 1.58. The fraction of sp³-hybridized carbons (Fsp3) is 0.478. The first kappa shape index (κ1) is 20.3. The summed E-state index contributed by atoms with van der Waals surface area (Å²) >= 11 is 0. The first-order chi connectivity index (χ1) is 13.4. The number of piperidine rings is 1. The van der Waals surface area contributed by atoms with Gasteiger partial charge in [0.2, 0.25) is 0 Å². The van der Waals surface area contributed by atoms with Gasteiger partial charge in [-0.15, -0.1) is 0 Å². The lowest BCUT2D eigenvalue weighted by atomic mass is 9.98. The van der Waals surface area contributed by atoms with Crippen molar-refractivity contribution >= 4 is 5.91 Å². The third kappa shape index (κ3) is 5.10. The topological polar surface area (TPSA) is 65.2 Å². The summed E-state index contributed by atoms with van der Waals surface area (Å²) < 4.78 is 0. The maximum atomic E-state index is 12.5. The van der Waals surface area contributed by atoms with Gasteiger partial charge in [-0.25, -0.2) is 0 Å². The van der Waals surface area contributed by atoms with Gasteiger partial charge in [0.1, 0.15) is 0 Å². The molecule has 1 amide bonds. The third-order valence-corrected chi connectivity index (χ3v) is 5.64. The van der Waals surface area contributed by atoms with Crippen LogP contribution in [0.1, 0.15) is 64.8 Å². The number of hydrogen-bond acceptors (Lipinski definition) is 3. The molecule has 2 N–H and O–H groups in total. The lowest BCUT2D eigenvalue weighted by Crippen LogP contribution is -2.32. The van der Waals surface area contributed by atoms with E-state index >= 15 is 0 Å². The molecule has 28 heavy (non-hydrogen) atoms. The maximum Gasteiger partial charge on any atom is 0.253 e. The number of aromatic nitrogens is 1. The van der Waals surface area contributed by atoms with Gasteiger partial charge in [-0.3, -0.25) is 9.59 Å². The average Bonchev–Trinajstić information content (AvgIpc) is 2.68. The van der Waals surface area contributed by atoms with Crippen LogP contribution in [0.5, 0.6) is 0 Å². The molecule has 1 aliphatic heterocycles. The molecule has 0 bridgehead atoms. The van der Waals surface area contributed by atoms with Crippen molar-refractivity contribution in [3.05, 3.63) is 68.6 Å². The third-order valence-electron chi connectivity index (χ3n) is 5.64. The Morgan fingerprint density at radius 2 is 1.82 bits per heavy atom. The predicted octanol–water partition coefficient (Wildman–Crippen LogP) is 3.51. The van der Waals surface area contributed by atoms with Gasteiger partial charge >= 0.3 is 0 Å². The second-order valence-electron chi connectivity index (χ2n) is 8.01. The van der Waals surface area contributed by atoms with Gasteiger partial charge in [-0.2, -0.15) is 0 Å². The van der Waals surface area contributed by atoms with Crippen LogP contribution >= 0.6 is 0 Å². The van der Waals surface area contributed by atoms with Crippen LogP contribution in [-0.2, 0) is 6.54 Å². The zero-order valence-electron chi connectivity index (χ0n) is 17.2. The molecule has 1 unspecified atom stereocenters. The summed E-state index contributed by atoms with van der Waals surface area (Å²) in [5.41, 5.74) is 4.06. The van der Waals surface area contributed by atoms with Crippen LogP contribution in [0, 0.1) is 13.8 Å². The Labute approximate surface area is 167 Å². The highest BCUT2D eigenvalue weighted by Crippen LogP contribution is 2.20. The maximum absolute atomic E-state index is 12.5. The molecule has 2 heterocycles. The number of nitrogens with one attached hydrogen (secondary N) is 2. The van der Waals surface area contributed by atoms with Gasteiger partial charge in [0.05, 0.1) is 0 Å². The Hall–Kier alpha value is -2.40. The van der Waals surface area contributed by atoms with Crippen LogP contribution < -0.4 is 10.9 Å². The first-order valence-corrected chi connectivity index (χ1v) is 10.2. The molecule has 1 aromatic heterocycles. The summed E-state index contributed by atoms with van der Waals surface area (Å²) in [6.45, 7) is 9.68. The number of likely N-dealkylation sites (tertiary alicyclic amines) is 1. The number of nitrogens with zero attached hydrogens (tertiary/aromatic N) is 1. The van der Waals surface area contributed by atoms with E-state index in [-0.39, 0.29) is 18.0 Å². The molecule has 1 fully saturated rings. The second kappa shape index (κ2) is 9.20. The standard InChI is InChI=1S/C23H31N3O2/c1-16-13-18(3)25-23(28)21(16)14-24-22(27)20-9-7-19(8-10-20)17(2)15-26-11-5-4-6-12-26/h7-10,13,17H,4-6,11-12,14-15H2,1-3H3,(H,24,27)(H,25,28). The quantitative estimate of drug-likeness (QED) is 0.805. The number of rotatable bonds is 6. The van der Waals surface area contributed by atoms with E-state index in [2.05, 4.69) is 22.1 Å². The van der Waals surface area contributed by atoms with Crippen molar-refractivity contribution in [3.63, 3.8) is 0 Å². The van der Waals surface area contributed by atoms with Crippen LogP contribution in [0.3, 0.4) is 0 Å². The van der Waals surface area contributed by atoms with Crippen LogP contribution in [0.2, 0.25) is 0 Å². The van der Waals surface area contributed by atoms with Crippen LogP contribution in [0.4, 0.5) is 0 Å². The number of aromatic amines is 1. The molecule has 0 saturated carbocycles. The zero-order chi connectivity index (χ0) is 20.1. The molecule has 0 radical (unpaired) electrons. The van der Waals surface area contributed by atoms with Gasteiger partial charge in [0, 0.05) is 29.9 Å². The van der Waals surface area contributed by atoms with E-state index in [0.29, 0.717) is 17.0 Å². The smallest absolute Gasteiger partial charge is 0.253 e. The van der Waals surface area contributed by atoms with E-state index in [1.807, 2.05) is 44.2 Å². The highest BCUT2D eigenvalue weighted by molar-refractivity contribution is 5.94. The van der Waals surface area contributed by atoms with E-state index in [0.717, 1.165) is 17.8 Å². The van der Waals surface area contributed by atoms with Crippen molar-refractivity contribution in [1.82, 2.24) is 15.2 Å². The first-order valence-electron chi connectivity index (χ1n) is 10.2. The summed E-state index contributed by atoms with van der Waals surface area (Å²) in [6.07, 6.45) is 3.95. The Bertz CT molecular complexity index is 864. The number of hydrogen-bond donors (Lipinski definition) is 2. The van der Waals surface area contributed by atoms with Crippen molar-refractivity contribution in [2.24, 2.45) is 0 Å². The SMILES string of the molecule is Cc1cc(C)c(CNC(=O)c2ccc(C(C)CN3CCCCC3)cc2)c(=O)[nH]1. The normalized spacial score (nSPS) is 16.0. The van der Waals surface area contributed by atoms with E-state index in [1.165, 1.54) is 37.9 Å². The van der Waals surface area contributed by atoms with E-state index in [9.17, 15) is 9.59 Å². The molecule has 150 valence electrons. The van der Waals surface area contributed by atoms with E-state index in [1.54, 1.807) is 0 Å². The number of carbonyl (C=O) groups excluding carboxylic acids is 1. The molecule has 5 heteroatoms. The number of carbonyl (C=O) groups is 1. The molecule has 1 saturated heterocycles. The molecule has 2 aromatic rings. The monoisotopic (exact) mass is 381 g/mol. The number of benzene rings is 1. The second-order valence-corrected chi connectivity index (χ2v) is 8.01. The molecule has 3 rings (SSSR count). The van der Waals surface area contributed by atoms with Gasteiger partial charge in [0.25, 0.3) is 11.5 Å².